The van der Waals surface area contributed by atoms with Gasteiger partial charge in [0.25, 0.3) is 0 Å². The molecule has 1 aliphatic carbocycles. The van der Waals surface area contributed by atoms with Crippen LogP contribution < -0.4 is 10.5 Å². The van der Waals surface area contributed by atoms with Crippen LogP contribution in [0.15, 0.2) is 35.7 Å². The fourth-order valence-electron chi connectivity index (χ4n) is 3.44. The van der Waals surface area contributed by atoms with E-state index in [0.29, 0.717) is 12.1 Å². The number of ether oxygens (including phenoxy) is 1. The molecule has 2 heterocycles. The predicted molar refractivity (Wildman–Crippen MR) is 93.0 cm³/mol. The van der Waals surface area contributed by atoms with Crippen molar-refractivity contribution in [1.82, 2.24) is 4.98 Å². The molecule has 0 radical (unpaired) electrons. The van der Waals surface area contributed by atoms with Crippen LogP contribution in [-0.2, 0) is 6.42 Å². The van der Waals surface area contributed by atoms with Gasteiger partial charge in [0.05, 0.1) is 18.9 Å². The largest absolute Gasteiger partial charge is 0.497 e. The number of aliphatic hydroxyl groups excluding tert-OH is 1. The Morgan fingerprint density at radius 1 is 1.26 bits per heavy atom. The number of aliphatic hydroxyl groups is 1. The van der Waals surface area contributed by atoms with Crippen LogP contribution in [0.25, 0.3) is 10.2 Å². The Morgan fingerprint density at radius 3 is 2.78 bits per heavy atom. The van der Waals surface area contributed by atoms with Crippen molar-refractivity contribution >= 4 is 27.2 Å². The smallest absolute Gasteiger partial charge is 0.125 e. The Labute approximate surface area is 138 Å². The minimum Gasteiger partial charge on any atom is -0.497 e. The van der Waals surface area contributed by atoms with Gasteiger partial charge < -0.3 is 15.6 Å². The topological polar surface area (TPSA) is 68.4 Å². The molecule has 23 heavy (non-hydrogen) atoms. The van der Waals surface area contributed by atoms with E-state index in [2.05, 4.69) is 12.1 Å². The summed E-state index contributed by atoms with van der Waals surface area (Å²) in [5.41, 5.74) is 9.92. The maximum atomic E-state index is 10.6. The Hall–Kier alpha value is -2.11. The number of thiophene rings is 1. The molecule has 2 unspecified atom stereocenters. The number of anilines is 1. The van der Waals surface area contributed by atoms with Gasteiger partial charge in [0.2, 0.25) is 0 Å². The molecule has 1 aliphatic rings. The van der Waals surface area contributed by atoms with Crippen LogP contribution in [-0.4, -0.2) is 17.2 Å². The summed E-state index contributed by atoms with van der Waals surface area (Å²) in [4.78, 5) is 5.70. The first-order chi connectivity index (χ1) is 11.2. The number of hydrogen-bond donors (Lipinski definition) is 2. The summed E-state index contributed by atoms with van der Waals surface area (Å²) >= 11 is 1.59. The normalized spacial score (nSPS) is 20.4. The van der Waals surface area contributed by atoms with Crippen molar-refractivity contribution in [2.45, 2.75) is 24.9 Å². The van der Waals surface area contributed by atoms with Gasteiger partial charge in [-0.3, -0.25) is 0 Å². The quantitative estimate of drug-likeness (QED) is 0.754. The molecule has 0 saturated carbocycles. The summed E-state index contributed by atoms with van der Waals surface area (Å²) in [5, 5.41) is 13.6. The average Bonchev–Trinajstić information content (AvgIpc) is 3.03. The highest BCUT2D eigenvalue weighted by Gasteiger charge is 2.30. The van der Waals surface area contributed by atoms with Crippen LogP contribution >= 0.6 is 11.3 Å². The van der Waals surface area contributed by atoms with E-state index in [1.54, 1.807) is 18.4 Å². The third-order valence-corrected chi connectivity index (χ3v) is 5.45. The van der Waals surface area contributed by atoms with Crippen LogP contribution in [0.2, 0.25) is 0 Å². The molecule has 0 fully saturated rings. The average molecular weight is 326 g/mol. The number of nitrogen functional groups attached to an aromatic ring is 1. The molecule has 118 valence electrons. The Balaban J connectivity index is 1.74. The summed E-state index contributed by atoms with van der Waals surface area (Å²) in [7, 11) is 1.66. The number of rotatable bonds is 2. The van der Waals surface area contributed by atoms with Gasteiger partial charge in [0.1, 0.15) is 10.6 Å². The van der Waals surface area contributed by atoms with E-state index >= 15 is 0 Å². The Kier molecular flexibility index (Phi) is 3.47. The van der Waals surface area contributed by atoms with Gasteiger partial charge in [-0.05, 0) is 47.9 Å². The number of nitrogens with two attached hydrogens (primary N) is 1. The Morgan fingerprint density at radius 2 is 2.04 bits per heavy atom. The molecule has 3 N–H and O–H groups in total. The first-order valence-corrected chi connectivity index (χ1v) is 8.52. The van der Waals surface area contributed by atoms with Crippen molar-refractivity contribution in [3.05, 3.63) is 52.5 Å². The van der Waals surface area contributed by atoms with Gasteiger partial charge in [-0.15, -0.1) is 11.3 Å². The molecule has 0 spiro atoms. The van der Waals surface area contributed by atoms with E-state index in [1.165, 1.54) is 5.56 Å². The second-order valence-electron chi connectivity index (χ2n) is 5.95. The summed E-state index contributed by atoms with van der Waals surface area (Å²) < 4.78 is 5.21. The molecule has 0 saturated heterocycles. The maximum Gasteiger partial charge on any atom is 0.125 e. The zero-order valence-corrected chi connectivity index (χ0v) is 13.6. The lowest BCUT2D eigenvalue weighted by atomic mass is 9.80. The van der Waals surface area contributed by atoms with Crippen molar-refractivity contribution in [3.63, 3.8) is 0 Å². The molecular weight excluding hydrogens is 308 g/mol. The zero-order valence-electron chi connectivity index (χ0n) is 12.8. The Bertz CT molecular complexity index is 857. The third kappa shape index (κ3) is 2.36. The molecule has 5 heteroatoms. The van der Waals surface area contributed by atoms with Gasteiger partial charge in [-0.2, -0.15) is 0 Å². The van der Waals surface area contributed by atoms with Gasteiger partial charge in [0.15, 0.2) is 0 Å². The van der Waals surface area contributed by atoms with Crippen molar-refractivity contribution in [1.29, 1.82) is 0 Å². The SMILES string of the molecule is COc1ccc(C2Cc3nc4sccc4c(N)c3C(O)C2)cc1. The van der Waals surface area contributed by atoms with E-state index < -0.39 is 6.10 Å². The van der Waals surface area contributed by atoms with Crippen molar-refractivity contribution in [2.75, 3.05) is 12.8 Å². The van der Waals surface area contributed by atoms with E-state index in [9.17, 15) is 5.11 Å². The van der Waals surface area contributed by atoms with Crippen molar-refractivity contribution < 1.29 is 9.84 Å². The zero-order chi connectivity index (χ0) is 16.0. The number of aromatic nitrogens is 1. The molecule has 0 amide bonds. The maximum absolute atomic E-state index is 10.6. The van der Waals surface area contributed by atoms with Crippen molar-refractivity contribution in [2.24, 2.45) is 0 Å². The van der Waals surface area contributed by atoms with Crippen LogP contribution in [0.4, 0.5) is 5.69 Å². The first-order valence-electron chi connectivity index (χ1n) is 7.65. The summed E-state index contributed by atoms with van der Waals surface area (Å²) in [5.74, 6) is 1.08. The third-order valence-electron chi connectivity index (χ3n) is 4.64. The number of fused-ring (bicyclic) bond motifs is 2. The number of pyridine rings is 1. The monoisotopic (exact) mass is 326 g/mol. The predicted octanol–water partition coefficient (Wildman–Crippen LogP) is 3.65. The molecule has 2 aromatic heterocycles. The molecule has 0 bridgehead atoms. The van der Waals surface area contributed by atoms with Gasteiger partial charge in [-0.1, -0.05) is 12.1 Å². The van der Waals surface area contributed by atoms with Gasteiger partial charge in [0, 0.05) is 16.6 Å². The first kappa shape index (κ1) is 14.5. The van der Waals surface area contributed by atoms with E-state index in [1.807, 2.05) is 23.6 Å². The molecule has 3 aromatic rings. The minimum absolute atomic E-state index is 0.243. The summed E-state index contributed by atoms with van der Waals surface area (Å²) in [6.07, 6.45) is 0.903. The lowest BCUT2D eigenvalue weighted by Gasteiger charge is -2.29. The molecule has 2 atom stereocenters. The highest BCUT2D eigenvalue weighted by atomic mass is 32.1. The standard InChI is InChI=1S/C18H18N2O2S/c1-22-12-4-2-10(3-5-12)11-8-14-16(15(21)9-11)17(19)13-6-7-23-18(13)20-14/h2-7,11,15,21H,8-9H2,1H3,(H2,19,20). The van der Waals surface area contributed by atoms with Crippen LogP contribution in [0.1, 0.15) is 35.3 Å². The van der Waals surface area contributed by atoms with Crippen LogP contribution in [0, 0.1) is 0 Å². The molecule has 0 aliphatic heterocycles. The van der Waals surface area contributed by atoms with E-state index in [-0.39, 0.29) is 5.92 Å². The van der Waals surface area contributed by atoms with Crippen LogP contribution in [0.3, 0.4) is 0 Å². The highest BCUT2D eigenvalue weighted by Crippen LogP contribution is 2.43. The summed E-state index contributed by atoms with van der Waals surface area (Å²) in [6, 6.07) is 10.0. The number of hydrogen-bond acceptors (Lipinski definition) is 5. The molecule has 4 nitrogen and oxygen atoms in total. The number of nitrogens with zero attached hydrogens (tertiary/aromatic N) is 1. The lowest BCUT2D eigenvalue weighted by molar-refractivity contribution is 0.147. The minimum atomic E-state index is -0.567. The van der Waals surface area contributed by atoms with Crippen LogP contribution in [0.5, 0.6) is 5.75 Å². The van der Waals surface area contributed by atoms with E-state index in [4.69, 9.17) is 15.5 Å². The van der Waals surface area contributed by atoms with Gasteiger partial charge in [-0.25, -0.2) is 4.98 Å². The highest BCUT2D eigenvalue weighted by molar-refractivity contribution is 7.16. The molecule has 4 rings (SSSR count). The number of benzene rings is 1. The van der Waals surface area contributed by atoms with Gasteiger partial charge >= 0.3 is 0 Å². The van der Waals surface area contributed by atoms with Crippen molar-refractivity contribution in [3.8, 4) is 5.75 Å². The summed E-state index contributed by atoms with van der Waals surface area (Å²) in [6.45, 7) is 0. The molecule has 1 aromatic carbocycles. The molecular formula is C18H18N2O2S. The lowest BCUT2D eigenvalue weighted by Crippen LogP contribution is -2.20. The second kappa shape index (κ2) is 5.51. The van der Waals surface area contributed by atoms with E-state index in [0.717, 1.165) is 33.6 Å². The second-order valence-corrected chi connectivity index (χ2v) is 6.85. The number of methoxy groups -OCH3 is 1. The fraction of sp³-hybridized carbons (Fsp3) is 0.278. The fourth-order valence-corrected chi connectivity index (χ4v) is 4.24.